The molecule has 1 aliphatic heterocycles. The van der Waals surface area contributed by atoms with Gasteiger partial charge < -0.3 is 20.5 Å². The van der Waals surface area contributed by atoms with Crippen LogP contribution in [-0.4, -0.2) is 44.3 Å². The van der Waals surface area contributed by atoms with E-state index in [1.807, 2.05) is 6.07 Å². The number of benzene rings is 2. The van der Waals surface area contributed by atoms with Crippen LogP contribution in [0.4, 0.5) is 5.69 Å². The van der Waals surface area contributed by atoms with Crippen molar-refractivity contribution in [1.29, 1.82) is 0 Å². The van der Waals surface area contributed by atoms with E-state index in [1.165, 1.54) is 5.56 Å². The topological polar surface area (TPSA) is 72.1 Å². The van der Waals surface area contributed by atoms with Crippen LogP contribution in [0.1, 0.15) is 11.1 Å². The zero-order valence-corrected chi connectivity index (χ0v) is 18.9. The molecule has 1 heterocycles. The van der Waals surface area contributed by atoms with E-state index in [4.69, 9.17) is 26.8 Å². The van der Waals surface area contributed by atoms with Gasteiger partial charge >= 0.3 is 0 Å². The monoisotopic (exact) mass is 516 g/mol. The molecule has 2 aromatic carbocycles. The molecular weight excluding hydrogens is 491 g/mol. The van der Waals surface area contributed by atoms with E-state index in [1.54, 1.807) is 19.2 Å². The van der Waals surface area contributed by atoms with Gasteiger partial charge in [-0.3, -0.25) is 4.90 Å². The molecule has 152 valence electrons. The highest BCUT2D eigenvalue weighted by Crippen LogP contribution is 2.27. The van der Waals surface area contributed by atoms with Crippen LogP contribution in [0.15, 0.2) is 47.5 Å². The number of morpholine rings is 1. The third kappa shape index (κ3) is 6.80. The second kappa shape index (κ2) is 11.5. The standard InChI is InChI=1S/C20H25ClN4O2.HI/c1-26-19-7-6-17(12-18(19)21)24-20(22)23-13-15-2-4-16(5-3-15)14-25-8-10-27-11-9-25;/h2-7,12H,8-11,13-14H2,1H3,(H3,22,23,24);1H. The van der Waals surface area contributed by atoms with E-state index in [-0.39, 0.29) is 24.0 Å². The molecule has 0 atom stereocenters. The largest absolute Gasteiger partial charge is 0.495 e. The molecule has 0 amide bonds. The number of aliphatic imine (C=N–C) groups is 1. The summed E-state index contributed by atoms with van der Waals surface area (Å²) in [6.45, 7) is 5.08. The van der Waals surface area contributed by atoms with Crippen molar-refractivity contribution in [2.75, 3.05) is 38.7 Å². The Hall–Kier alpha value is -1.55. The number of halogens is 2. The van der Waals surface area contributed by atoms with Gasteiger partial charge in [-0.25, -0.2) is 4.99 Å². The molecule has 0 bridgehead atoms. The van der Waals surface area contributed by atoms with Crippen molar-refractivity contribution in [3.63, 3.8) is 0 Å². The molecule has 3 rings (SSSR count). The van der Waals surface area contributed by atoms with Crippen molar-refractivity contribution in [2.24, 2.45) is 10.7 Å². The van der Waals surface area contributed by atoms with Gasteiger partial charge in [-0.2, -0.15) is 0 Å². The summed E-state index contributed by atoms with van der Waals surface area (Å²) < 4.78 is 10.5. The van der Waals surface area contributed by atoms with E-state index in [9.17, 15) is 0 Å². The van der Waals surface area contributed by atoms with Gasteiger partial charge in [-0.05, 0) is 29.3 Å². The minimum absolute atomic E-state index is 0. The van der Waals surface area contributed by atoms with Crippen molar-refractivity contribution >= 4 is 47.2 Å². The summed E-state index contributed by atoms with van der Waals surface area (Å²) in [6, 6.07) is 13.9. The minimum atomic E-state index is 0. The smallest absolute Gasteiger partial charge is 0.193 e. The predicted molar refractivity (Wildman–Crippen MR) is 125 cm³/mol. The van der Waals surface area contributed by atoms with Gasteiger partial charge in [-0.15, -0.1) is 24.0 Å². The van der Waals surface area contributed by atoms with Crippen LogP contribution >= 0.6 is 35.6 Å². The maximum Gasteiger partial charge on any atom is 0.193 e. The number of hydrogen-bond acceptors (Lipinski definition) is 4. The molecule has 3 N–H and O–H groups in total. The zero-order valence-electron chi connectivity index (χ0n) is 15.9. The summed E-state index contributed by atoms with van der Waals surface area (Å²) in [5.41, 5.74) is 9.14. The summed E-state index contributed by atoms with van der Waals surface area (Å²) in [5, 5.41) is 3.56. The van der Waals surface area contributed by atoms with E-state index in [0.29, 0.717) is 23.3 Å². The maximum absolute atomic E-state index is 6.11. The SMILES string of the molecule is COc1ccc(NC(N)=NCc2ccc(CN3CCOCC3)cc2)cc1Cl.I. The van der Waals surface area contributed by atoms with Gasteiger partial charge in [0.05, 0.1) is 31.9 Å². The summed E-state index contributed by atoms with van der Waals surface area (Å²) in [4.78, 5) is 6.79. The van der Waals surface area contributed by atoms with Crippen molar-refractivity contribution in [2.45, 2.75) is 13.1 Å². The van der Waals surface area contributed by atoms with Crippen molar-refractivity contribution in [3.8, 4) is 5.75 Å². The van der Waals surface area contributed by atoms with Crippen LogP contribution in [0.3, 0.4) is 0 Å². The number of nitrogens with zero attached hydrogens (tertiary/aromatic N) is 2. The van der Waals surface area contributed by atoms with Gasteiger partial charge in [0.25, 0.3) is 0 Å². The Bertz CT molecular complexity index is 780. The molecule has 0 aliphatic carbocycles. The highest BCUT2D eigenvalue weighted by molar-refractivity contribution is 14.0. The van der Waals surface area contributed by atoms with Gasteiger partial charge in [0, 0.05) is 25.3 Å². The van der Waals surface area contributed by atoms with Crippen molar-refractivity contribution in [3.05, 3.63) is 58.6 Å². The zero-order chi connectivity index (χ0) is 19.1. The Morgan fingerprint density at radius 1 is 1.18 bits per heavy atom. The predicted octanol–water partition coefficient (Wildman–Crippen LogP) is 3.73. The highest BCUT2D eigenvalue weighted by atomic mass is 127. The molecule has 28 heavy (non-hydrogen) atoms. The summed E-state index contributed by atoms with van der Waals surface area (Å²) in [7, 11) is 1.58. The quantitative estimate of drug-likeness (QED) is 0.348. The highest BCUT2D eigenvalue weighted by Gasteiger charge is 2.10. The first-order chi connectivity index (χ1) is 13.1. The van der Waals surface area contributed by atoms with E-state index in [2.05, 4.69) is 39.5 Å². The van der Waals surface area contributed by atoms with Crippen LogP contribution in [0.2, 0.25) is 5.02 Å². The van der Waals surface area contributed by atoms with Crippen molar-refractivity contribution in [1.82, 2.24) is 4.90 Å². The molecule has 1 aliphatic rings. The Morgan fingerprint density at radius 2 is 1.86 bits per heavy atom. The third-order valence-electron chi connectivity index (χ3n) is 4.39. The normalized spacial score (nSPS) is 15.0. The molecule has 0 unspecified atom stereocenters. The number of anilines is 1. The molecule has 1 saturated heterocycles. The number of rotatable bonds is 6. The molecule has 8 heteroatoms. The molecule has 2 aromatic rings. The third-order valence-corrected chi connectivity index (χ3v) is 4.68. The average Bonchev–Trinajstić information content (AvgIpc) is 2.68. The lowest BCUT2D eigenvalue weighted by molar-refractivity contribution is 0.0342. The van der Waals surface area contributed by atoms with Crippen LogP contribution in [0, 0.1) is 0 Å². The molecule has 1 fully saturated rings. The Morgan fingerprint density at radius 3 is 2.50 bits per heavy atom. The fraction of sp³-hybridized carbons (Fsp3) is 0.350. The lowest BCUT2D eigenvalue weighted by atomic mass is 10.1. The fourth-order valence-corrected chi connectivity index (χ4v) is 3.13. The van der Waals surface area contributed by atoms with Gasteiger partial charge in [0.1, 0.15) is 5.75 Å². The second-order valence-corrected chi connectivity index (χ2v) is 6.79. The number of hydrogen-bond donors (Lipinski definition) is 2. The van der Waals surface area contributed by atoms with E-state index in [0.717, 1.165) is 44.1 Å². The maximum atomic E-state index is 6.11. The van der Waals surface area contributed by atoms with Crippen LogP contribution < -0.4 is 15.8 Å². The molecular formula is C20H26ClIN4O2. The Balaban J connectivity index is 0.00000280. The average molecular weight is 517 g/mol. The first-order valence-electron chi connectivity index (χ1n) is 8.92. The molecule has 6 nitrogen and oxygen atoms in total. The van der Waals surface area contributed by atoms with Crippen LogP contribution in [0.5, 0.6) is 5.75 Å². The number of guanidine groups is 1. The molecule has 0 saturated carbocycles. The van der Waals surface area contributed by atoms with E-state index < -0.39 is 0 Å². The Kier molecular flexibility index (Phi) is 9.30. The van der Waals surface area contributed by atoms with Crippen molar-refractivity contribution < 1.29 is 9.47 Å². The van der Waals surface area contributed by atoms with Gasteiger partial charge in [0.2, 0.25) is 0 Å². The number of nitrogens with two attached hydrogens (primary N) is 1. The summed E-state index contributed by atoms with van der Waals surface area (Å²) >= 11 is 6.11. The second-order valence-electron chi connectivity index (χ2n) is 6.38. The van der Waals surface area contributed by atoms with Gasteiger partial charge in [-0.1, -0.05) is 35.9 Å². The number of nitrogens with one attached hydrogen (secondary N) is 1. The number of methoxy groups -OCH3 is 1. The van der Waals surface area contributed by atoms with Gasteiger partial charge in [0.15, 0.2) is 5.96 Å². The minimum Gasteiger partial charge on any atom is -0.495 e. The van der Waals surface area contributed by atoms with Crippen LogP contribution in [0.25, 0.3) is 0 Å². The summed E-state index contributed by atoms with van der Waals surface area (Å²) in [5.74, 6) is 0.962. The number of ether oxygens (including phenoxy) is 2. The summed E-state index contributed by atoms with van der Waals surface area (Å²) in [6.07, 6.45) is 0. The molecule has 0 aromatic heterocycles. The molecule has 0 radical (unpaired) electrons. The lowest BCUT2D eigenvalue weighted by Crippen LogP contribution is -2.35. The van der Waals surface area contributed by atoms with Crippen LogP contribution in [-0.2, 0) is 17.8 Å². The first-order valence-corrected chi connectivity index (χ1v) is 9.30. The first kappa shape index (κ1) is 22.7. The fourth-order valence-electron chi connectivity index (χ4n) is 2.88. The Labute approximate surface area is 188 Å². The molecule has 0 spiro atoms. The lowest BCUT2D eigenvalue weighted by Gasteiger charge is -2.26. The van der Waals surface area contributed by atoms with E-state index >= 15 is 0 Å².